The monoisotopic (exact) mass is 228 g/mol. The number of hydrogen-bond donors (Lipinski definition) is 1. The minimum Gasteiger partial charge on any atom is -0.353 e. The van der Waals surface area contributed by atoms with Crippen molar-refractivity contribution in [2.45, 2.75) is 26.4 Å². The first-order chi connectivity index (χ1) is 8.29. The zero-order valence-electron chi connectivity index (χ0n) is 10.6. The van der Waals surface area contributed by atoms with E-state index in [-0.39, 0.29) is 0 Å². The molecule has 1 N–H and O–H groups in total. The number of rotatable bonds is 5. The SMILES string of the molecule is CCc1ccc(CNCc2cccn2C)cc1. The van der Waals surface area contributed by atoms with Gasteiger partial charge in [0.05, 0.1) is 0 Å². The van der Waals surface area contributed by atoms with Gasteiger partial charge in [-0.25, -0.2) is 0 Å². The lowest BCUT2D eigenvalue weighted by atomic mass is 10.1. The number of nitrogens with one attached hydrogen (secondary N) is 1. The average molecular weight is 228 g/mol. The van der Waals surface area contributed by atoms with Crippen LogP contribution in [0.2, 0.25) is 0 Å². The third-order valence-corrected chi connectivity index (χ3v) is 3.12. The Morgan fingerprint density at radius 1 is 1.00 bits per heavy atom. The maximum Gasteiger partial charge on any atom is 0.0362 e. The number of nitrogens with zero attached hydrogens (tertiary/aromatic N) is 1. The minimum atomic E-state index is 0.916. The van der Waals surface area contributed by atoms with Crippen molar-refractivity contribution >= 4 is 0 Å². The van der Waals surface area contributed by atoms with Gasteiger partial charge in [0.2, 0.25) is 0 Å². The van der Waals surface area contributed by atoms with E-state index in [1.165, 1.54) is 16.8 Å². The first-order valence-corrected chi connectivity index (χ1v) is 6.18. The van der Waals surface area contributed by atoms with Crippen molar-refractivity contribution in [3.05, 3.63) is 59.4 Å². The van der Waals surface area contributed by atoms with Gasteiger partial charge in [-0.2, -0.15) is 0 Å². The smallest absolute Gasteiger partial charge is 0.0362 e. The second kappa shape index (κ2) is 5.69. The lowest BCUT2D eigenvalue weighted by molar-refractivity contribution is 0.655. The van der Waals surface area contributed by atoms with Crippen molar-refractivity contribution in [2.75, 3.05) is 0 Å². The molecule has 0 saturated heterocycles. The number of hydrogen-bond acceptors (Lipinski definition) is 1. The minimum absolute atomic E-state index is 0.916. The molecule has 0 fully saturated rings. The summed E-state index contributed by atoms with van der Waals surface area (Å²) in [4.78, 5) is 0. The van der Waals surface area contributed by atoms with Crippen molar-refractivity contribution < 1.29 is 0 Å². The molecule has 2 rings (SSSR count). The second-order valence-electron chi connectivity index (χ2n) is 4.38. The molecular weight excluding hydrogens is 208 g/mol. The Labute approximate surface area is 103 Å². The van der Waals surface area contributed by atoms with Gasteiger partial charge >= 0.3 is 0 Å². The molecule has 0 amide bonds. The third kappa shape index (κ3) is 3.21. The highest BCUT2D eigenvalue weighted by Gasteiger charge is 1.97. The summed E-state index contributed by atoms with van der Waals surface area (Å²) in [6, 6.07) is 13.0. The Hall–Kier alpha value is -1.54. The number of aryl methyl sites for hydroxylation is 2. The summed E-state index contributed by atoms with van der Waals surface area (Å²) >= 11 is 0. The van der Waals surface area contributed by atoms with Crippen LogP contribution < -0.4 is 5.32 Å². The van der Waals surface area contributed by atoms with Crippen molar-refractivity contribution in [3.8, 4) is 0 Å². The van der Waals surface area contributed by atoms with E-state index in [1.807, 2.05) is 0 Å². The quantitative estimate of drug-likeness (QED) is 0.832. The van der Waals surface area contributed by atoms with E-state index >= 15 is 0 Å². The molecule has 1 heterocycles. The topological polar surface area (TPSA) is 17.0 Å². The molecule has 1 aromatic heterocycles. The Kier molecular flexibility index (Phi) is 3.99. The van der Waals surface area contributed by atoms with Gasteiger partial charge < -0.3 is 9.88 Å². The molecule has 0 unspecified atom stereocenters. The molecule has 0 aliphatic rings. The third-order valence-electron chi connectivity index (χ3n) is 3.12. The highest BCUT2D eigenvalue weighted by atomic mass is 15.0. The largest absolute Gasteiger partial charge is 0.353 e. The first-order valence-electron chi connectivity index (χ1n) is 6.18. The molecule has 2 aromatic rings. The average Bonchev–Trinajstić information content (AvgIpc) is 2.76. The molecule has 0 bridgehead atoms. The molecule has 0 aliphatic carbocycles. The summed E-state index contributed by atoms with van der Waals surface area (Å²) in [5, 5.41) is 3.46. The lowest BCUT2D eigenvalue weighted by Crippen LogP contribution is -2.14. The maximum atomic E-state index is 3.46. The van der Waals surface area contributed by atoms with Crippen LogP contribution in [0.5, 0.6) is 0 Å². The summed E-state index contributed by atoms with van der Waals surface area (Å²) in [5.41, 5.74) is 4.06. The fraction of sp³-hybridized carbons (Fsp3) is 0.333. The van der Waals surface area contributed by atoms with Crippen LogP contribution in [0.4, 0.5) is 0 Å². The van der Waals surface area contributed by atoms with Crippen LogP contribution in [0.1, 0.15) is 23.7 Å². The van der Waals surface area contributed by atoms with Gasteiger partial charge in [0.25, 0.3) is 0 Å². The summed E-state index contributed by atoms with van der Waals surface area (Å²) in [6.45, 7) is 4.02. The van der Waals surface area contributed by atoms with Crippen molar-refractivity contribution in [3.63, 3.8) is 0 Å². The van der Waals surface area contributed by atoms with Gasteiger partial charge in [0.15, 0.2) is 0 Å². The van der Waals surface area contributed by atoms with Crippen molar-refractivity contribution in [1.29, 1.82) is 0 Å². The number of aromatic nitrogens is 1. The summed E-state index contributed by atoms with van der Waals surface area (Å²) in [7, 11) is 2.08. The van der Waals surface area contributed by atoms with Gasteiger partial charge in [-0.05, 0) is 29.7 Å². The van der Waals surface area contributed by atoms with E-state index in [0.717, 1.165) is 19.5 Å². The molecule has 2 heteroatoms. The fourth-order valence-electron chi connectivity index (χ4n) is 1.91. The van der Waals surface area contributed by atoms with Gasteiger partial charge in [-0.3, -0.25) is 0 Å². The van der Waals surface area contributed by atoms with E-state index in [0.29, 0.717) is 0 Å². The van der Waals surface area contributed by atoms with Crippen LogP contribution in [0, 0.1) is 0 Å². The molecule has 0 radical (unpaired) electrons. The van der Waals surface area contributed by atoms with Gasteiger partial charge in [-0.1, -0.05) is 31.2 Å². The van der Waals surface area contributed by atoms with Crippen LogP contribution >= 0.6 is 0 Å². The molecule has 0 aliphatic heterocycles. The molecule has 90 valence electrons. The summed E-state index contributed by atoms with van der Waals surface area (Å²) in [6.07, 6.45) is 3.18. The van der Waals surface area contributed by atoms with Crippen molar-refractivity contribution in [2.24, 2.45) is 7.05 Å². The molecule has 0 spiro atoms. The Morgan fingerprint density at radius 2 is 1.71 bits per heavy atom. The normalized spacial score (nSPS) is 10.7. The van der Waals surface area contributed by atoms with Gasteiger partial charge in [-0.15, -0.1) is 0 Å². The van der Waals surface area contributed by atoms with Gasteiger partial charge in [0, 0.05) is 32.0 Å². The van der Waals surface area contributed by atoms with Crippen LogP contribution in [0.15, 0.2) is 42.6 Å². The summed E-state index contributed by atoms with van der Waals surface area (Å²) in [5.74, 6) is 0. The molecule has 0 saturated carbocycles. The Bertz CT molecular complexity index is 454. The molecular formula is C15H20N2. The van der Waals surface area contributed by atoms with E-state index in [2.05, 4.69) is 66.5 Å². The van der Waals surface area contributed by atoms with Crippen molar-refractivity contribution in [1.82, 2.24) is 9.88 Å². The lowest BCUT2D eigenvalue weighted by Gasteiger charge is -2.07. The van der Waals surface area contributed by atoms with Crippen LogP contribution in [0.3, 0.4) is 0 Å². The van der Waals surface area contributed by atoms with E-state index < -0.39 is 0 Å². The predicted octanol–water partition coefficient (Wildman–Crippen LogP) is 2.88. The predicted molar refractivity (Wildman–Crippen MR) is 71.8 cm³/mol. The zero-order valence-corrected chi connectivity index (χ0v) is 10.6. The van der Waals surface area contributed by atoms with E-state index in [1.54, 1.807) is 0 Å². The standard InChI is InChI=1S/C15H20N2/c1-3-13-6-8-14(9-7-13)11-16-12-15-5-4-10-17(15)2/h4-10,16H,3,11-12H2,1-2H3. The Morgan fingerprint density at radius 3 is 2.29 bits per heavy atom. The second-order valence-corrected chi connectivity index (χ2v) is 4.38. The maximum absolute atomic E-state index is 3.46. The van der Waals surface area contributed by atoms with E-state index in [4.69, 9.17) is 0 Å². The van der Waals surface area contributed by atoms with E-state index in [9.17, 15) is 0 Å². The molecule has 17 heavy (non-hydrogen) atoms. The first kappa shape index (κ1) is 11.9. The number of benzene rings is 1. The fourth-order valence-corrected chi connectivity index (χ4v) is 1.91. The highest BCUT2D eigenvalue weighted by Crippen LogP contribution is 2.05. The molecule has 1 aromatic carbocycles. The van der Waals surface area contributed by atoms with Gasteiger partial charge in [0.1, 0.15) is 0 Å². The van der Waals surface area contributed by atoms with Crippen LogP contribution in [-0.2, 0) is 26.6 Å². The molecule has 0 atom stereocenters. The van der Waals surface area contributed by atoms with Crippen LogP contribution in [-0.4, -0.2) is 4.57 Å². The zero-order chi connectivity index (χ0) is 12.1. The highest BCUT2D eigenvalue weighted by molar-refractivity contribution is 5.22. The van der Waals surface area contributed by atoms with Crippen LogP contribution in [0.25, 0.3) is 0 Å². The Balaban J connectivity index is 1.83. The summed E-state index contributed by atoms with van der Waals surface area (Å²) < 4.78 is 2.15. The molecule has 2 nitrogen and oxygen atoms in total.